The Bertz CT molecular complexity index is 814. The summed E-state index contributed by atoms with van der Waals surface area (Å²) in [4.78, 5) is 12.2. The average Bonchev–Trinajstić information content (AvgIpc) is 2.56. The predicted molar refractivity (Wildman–Crippen MR) is 106 cm³/mol. The Kier molecular flexibility index (Phi) is 5.50. The molecule has 5 heteroatoms. The topological polar surface area (TPSA) is 38.3 Å². The molecule has 138 valence electrons. The highest BCUT2D eigenvalue weighted by Crippen LogP contribution is 2.42. The third-order valence-corrected chi connectivity index (χ3v) is 5.27. The molecule has 0 radical (unpaired) electrons. The van der Waals surface area contributed by atoms with E-state index >= 15 is 0 Å². The van der Waals surface area contributed by atoms with Gasteiger partial charge in [0.05, 0.1) is 16.1 Å². The Morgan fingerprint density at radius 2 is 1.73 bits per heavy atom. The number of hydrogen-bond donors (Lipinski definition) is 1. The molecule has 2 aromatic carbocycles. The number of ether oxygens (including phenoxy) is 1. The van der Waals surface area contributed by atoms with E-state index in [1.54, 1.807) is 0 Å². The van der Waals surface area contributed by atoms with E-state index in [4.69, 9.17) is 27.9 Å². The van der Waals surface area contributed by atoms with Crippen LogP contribution in [-0.2, 0) is 4.74 Å². The van der Waals surface area contributed by atoms with Crippen LogP contribution >= 0.6 is 23.2 Å². The Hall–Kier alpha value is -1.71. The van der Waals surface area contributed by atoms with Crippen LogP contribution in [0.15, 0.2) is 42.5 Å². The van der Waals surface area contributed by atoms with E-state index in [-0.39, 0.29) is 18.1 Å². The maximum atomic E-state index is 12.2. The minimum atomic E-state index is -0.513. The molecule has 0 bridgehead atoms. The van der Waals surface area contributed by atoms with Crippen molar-refractivity contribution in [1.82, 2.24) is 5.32 Å². The number of halogens is 2. The molecule has 1 N–H and O–H groups in total. The summed E-state index contributed by atoms with van der Waals surface area (Å²) < 4.78 is 5.41. The van der Waals surface area contributed by atoms with Crippen LogP contribution in [0.2, 0.25) is 10.0 Å². The Labute approximate surface area is 164 Å². The first-order valence-corrected chi connectivity index (χ1v) is 9.53. The fourth-order valence-electron chi connectivity index (χ4n) is 3.46. The molecule has 2 atom stereocenters. The van der Waals surface area contributed by atoms with E-state index in [0.717, 1.165) is 24.0 Å². The van der Waals surface area contributed by atoms with Crippen LogP contribution in [0.25, 0.3) is 0 Å². The quantitative estimate of drug-likeness (QED) is 0.635. The second-order valence-electron chi connectivity index (χ2n) is 7.63. The predicted octanol–water partition coefficient (Wildman–Crippen LogP) is 6.48. The Morgan fingerprint density at radius 1 is 1.04 bits per heavy atom. The molecule has 0 saturated heterocycles. The van der Waals surface area contributed by atoms with E-state index in [2.05, 4.69) is 17.4 Å². The zero-order valence-corrected chi connectivity index (χ0v) is 16.7. The first-order chi connectivity index (χ1) is 12.2. The van der Waals surface area contributed by atoms with Gasteiger partial charge in [-0.2, -0.15) is 0 Å². The van der Waals surface area contributed by atoms with Crippen LogP contribution in [0, 0.1) is 0 Å². The highest BCUT2D eigenvalue weighted by molar-refractivity contribution is 6.42. The largest absolute Gasteiger partial charge is 0.444 e. The van der Waals surface area contributed by atoms with Crippen molar-refractivity contribution in [2.75, 3.05) is 0 Å². The lowest BCUT2D eigenvalue weighted by Gasteiger charge is -2.33. The van der Waals surface area contributed by atoms with Crippen molar-refractivity contribution in [1.29, 1.82) is 0 Å². The van der Waals surface area contributed by atoms with Crippen LogP contribution in [0.5, 0.6) is 0 Å². The molecule has 0 spiro atoms. The molecule has 3 nitrogen and oxygen atoms in total. The molecule has 3 rings (SSSR count). The number of nitrogens with one attached hydrogen (secondary N) is 1. The number of carbonyl (C=O) groups is 1. The second kappa shape index (κ2) is 7.50. The second-order valence-corrected chi connectivity index (χ2v) is 8.45. The van der Waals surface area contributed by atoms with Gasteiger partial charge in [-0.25, -0.2) is 4.79 Å². The molecule has 0 aromatic heterocycles. The maximum Gasteiger partial charge on any atom is 0.408 e. The van der Waals surface area contributed by atoms with Crippen LogP contribution < -0.4 is 5.32 Å². The van der Waals surface area contributed by atoms with E-state index in [9.17, 15) is 4.79 Å². The minimum Gasteiger partial charge on any atom is -0.444 e. The molecule has 26 heavy (non-hydrogen) atoms. The summed E-state index contributed by atoms with van der Waals surface area (Å²) in [5.74, 6) is 0.234. The minimum absolute atomic E-state index is 0.0555. The molecule has 1 amide bonds. The van der Waals surface area contributed by atoms with Gasteiger partial charge >= 0.3 is 6.09 Å². The summed E-state index contributed by atoms with van der Waals surface area (Å²) in [7, 11) is 0. The van der Waals surface area contributed by atoms with E-state index in [0.29, 0.717) is 10.0 Å². The summed E-state index contributed by atoms with van der Waals surface area (Å²) in [5, 5.41) is 4.14. The molecule has 2 aromatic rings. The SMILES string of the molecule is CC(C)(C)OC(=O)N[C@@H]1CC[C@H](c2ccc(Cl)c(Cl)c2)c2ccccc21. The summed E-state index contributed by atoms with van der Waals surface area (Å²) in [6.07, 6.45) is 1.36. The first kappa shape index (κ1) is 19.1. The number of hydrogen-bond acceptors (Lipinski definition) is 2. The molecule has 0 unspecified atom stereocenters. The standard InChI is InChI=1S/C21H23Cl2NO2/c1-21(2,3)26-20(25)24-19-11-9-14(15-6-4-5-7-16(15)19)13-8-10-17(22)18(23)12-13/h4-8,10,12,14,19H,9,11H2,1-3H3,(H,24,25)/t14-,19-/m1/s1. The average molecular weight is 392 g/mol. The molecule has 0 heterocycles. The lowest BCUT2D eigenvalue weighted by atomic mass is 9.77. The van der Waals surface area contributed by atoms with Crippen molar-refractivity contribution in [2.45, 2.75) is 51.2 Å². The van der Waals surface area contributed by atoms with E-state index in [1.165, 1.54) is 5.56 Å². The lowest BCUT2D eigenvalue weighted by Crippen LogP contribution is -2.36. The lowest BCUT2D eigenvalue weighted by molar-refractivity contribution is 0.0498. The summed E-state index contributed by atoms with van der Waals surface area (Å²) in [6.45, 7) is 5.59. The number of rotatable bonds is 2. The van der Waals surface area contributed by atoms with Gasteiger partial charge in [0.1, 0.15) is 5.60 Å². The van der Waals surface area contributed by atoms with Crippen LogP contribution in [0.3, 0.4) is 0 Å². The third kappa shape index (κ3) is 4.33. The smallest absolute Gasteiger partial charge is 0.408 e. The van der Waals surface area contributed by atoms with Crippen molar-refractivity contribution in [2.24, 2.45) is 0 Å². The van der Waals surface area contributed by atoms with Crippen LogP contribution in [0.4, 0.5) is 4.79 Å². The van der Waals surface area contributed by atoms with Gasteiger partial charge < -0.3 is 10.1 Å². The number of amides is 1. The van der Waals surface area contributed by atoms with Gasteiger partial charge in [-0.3, -0.25) is 0 Å². The van der Waals surface area contributed by atoms with E-state index < -0.39 is 5.60 Å². The Balaban J connectivity index is 1.86. The van der Waals surface area contributed by atoms with Crippen molar-refractivity contribution >= 4 is 29.3 Å². The van der Waals surface area contributed by atoms with Crippen molar-refractivity contribution in [3.63, 3.8) is 0 Å². The Morgan fingerprint density at radius 3 is 2.38 bits per heavy atom. The zero-order chi connectivity index (χ0) is 18.9. The maximum absolute atomic E-state index is 12.2. The highest BCUT2D eigenvalue weighted by atomic mass is 35.5. The van der Waals surface area contributed by atoms with E-state index in [1.807, 2.05) is 51.1 Å². The summed E-state index contributed by atoms with van der Waals surface area (Å²) >= 11 is 12.3. The highest BCUT2D eigenvalue weighted by Gasteiger charge is 2.30. The molecular weight excluding hydrogens is 369 g/mol. The molecule has 0 aliphatic heterocycles. The van der Waals surface area contributed by atoms with Gasteiger partial charge in [0.25, 0.3) is 0 Å². The number of carbonyl (C=O) groups excluding carboxylic acids is 1. The first-order valence-electron chi connectivity index (χ1n) is 8.78. The monoisotopic (exact) mass is 391 g/mol. The molecule has 0 saturated carbocycles. The normalized spacial score (nSPS) is 19.6. The zero-order valence-electron chi connectivity index (χ0n) is 15.2. The third-order valence-electron chi connectivity index (χ3n) is 4.53. The number of benzene rings is 2. The van der Waals surface area contributed by atoms with Gasteiger partial charge in [-0.05, 0) is 62.4 Å². The van der Waals surface area contributed by atoms with Gasteiger partial charge in [0, 0.05) is 5.92 Å². The molecule has 0 fully saturated rings. The summed E-state index contributed by atoms with van der Waals surface area (Å²) in [5.41, 5.74) is 2.96. The van der Waals surface area contributed by atoms with Crippen molar-refractivity contribution < 1.29 is 9.53 Å². The number of fused-ring (bicyclic) bond motifs is 1. The fourth-order valence-corrected chi connectivity index (χ4v) is 3.77. The van der Waals surface area contributed by atoms with Crippen LogP contribution in [0.1, 0.15) is 62.3 Å². The van der Waals surface area contributed by atoms with Crippen molar-refractivity contribution in [3.8, 4) is 0 Å². The molecule has 1 aliphatic rings. The van der Waals surface area contributed by atoms with Gasteiger partial charge in [-0.15, -0.1) is 0 Å². The molecule has 1 aliphatic carbocycles. The fraction of sp³-hybridized carbons (Fsp3) is 0.381. The summed E-state index contributed by atoms with van der Waals surface area (Å²) in [6, 6.07) is 14.0. The van der Waals surface area contributed by atoms with Crippen LogP contribution in [-0.4, -0.2) is 11.7 Å². The van der Waals surface area contributed by atoms with Crippen molar-refractivity contribution in [3.05, 3.63) is 69.2 Å². The number of alkyl carbamates (subject to hydrolysis) is 1. The molecular formula is C21H23Cl2NO2. The van der Waals surface area contributed by atoms with Gasteiger partial charge in [0.2, 0.25) is 0 Å². The van der Waals surface area contributed by atoms with Gasteiger partial charge in [0.15, 0.2) is 0 Å². The van der Waals surface area contributed by atoms with Gasteiger partial charge in [-0.1, -0.05) is 53.5 Å².